The van der Waals surface area contributed by atoms with E-state index in [-0.39, 0.29) is 35.9 Å². The number of benzene rings is 1. The molecule has 0 spiro atoms. The zero-order valence-corrected chi connectivity index (χ0v) is 17.0. The highest BCUT2D eigenvalue weighted by molar-refractivity contribution is 8.18. The molecule has 0 aliphatic carbocycles. The van der Waals surface area contributed by atoms with Crippen molar-refractivity contribution in [1.29, 1.82) is 0 Å². The molecular formula is C16H13ClN4O3S3. The highest BCUT2D eigenvalue weighted by Crippen LogP contribution is 2.33. The Labute approximate surface area is 172 Å². The van der Waals surface area contributed by atoms with Gasteiger partial charge in [-0.3, -0.25) is 19.3 Å². The van der Waals surface area contributed by atoms with Crippen LogP contribution < -0.4 is 5.32 Å². The maximum absolute atomic E-state index is 12.4. The van der Waals surface area contributed by atoms with Crippen molar-refractivity contribution in [3.05, 3.63) is 45.3 Å². The van der Waals surface area contributed by atoms with E-state index in [4.69, 9.17) is 11.6 Å². The molecule has 2 aromatic rings. The zero-order valence-electron chi connectivity index (χ0n) is 13.8. The number of thioether (sulfide) groups is 2. The van der Waals surface area contributed by atoms with Gasteiger partial charge in [0.1, 0.15) is 5.51 Å². The summed E-state index contributed by atoms with van der Waals surface area (Å²) in [6.07, 6.45) is 1.60. The van der Waals surface area contributed by atoms with E-state index < -0.39 is 0 Å². The smallest absolute Gasteiger partial charge is 0.293 e. The van der Waals surface area contributed by atoms with Gasteiger partial charge in [-0.1, -0.05) is 52.9 Å². The number of carbonyl (C=O) groups is 3. The van der Waals surface area contributed by atoms with Crippen LogP contribution in [0.2, 0.25) is 5.02 Å². The molecule has 1 aliphatic rings. The molecule has 1 fully saturated rings. The number of nitrogens with one attached hydrogen (secondary N) is 1. The first-order valence-corrected chi connectivity index (χ1v) is 10.8. The van der Waals surface area contributed by atoms with E-state index in [1.807, 2.05) is 0 Å². The monoisotopic (exact) mass is 440 g/mol. The van der Waals surface area contributed by atoms with Crippen molar-refractivity contribution in [2.45, 2.75) is 4.34 Å². The van der Waals surface area contributed by atoms with Gasteiger partial charge < -0.3 is 5.32 Å². The van der Waals surface area contributed by atoms with Crippen LogP contribution >= 0.6 is 46.5 Å². The number of amides is 3. The molecule has 3 rings (SSSR count). The molecule has 0 radical (unpaired) electrons. The minimum Gasteiger partial charge on any atom is -0.354 e. The van der Waals surface area contributed by atoms with Crippen LogP contribution in [0.15, 0.2) is 39.0 Å². The molecule has 1 aliphatic heterocycles. The van der Waals surface area contributed by atoms with Crippen LogP contribution in [-0.4, -0.2) is 51.0 Å². The lowest BCUT2D eigenvalue weighted by molar-refractivity contribution is -0.123. The predicted octanol–water partition coefficient (Wildman–Crippen LogP) is 3.14. The quantitative estimate of drug-likeness (QED) is 0.522. The molecule has 7 nitrogen and oxygen atoms in total. The first-order chi connectivity index (χ1) is 13.0. The third-order valence-electron chi connectivity index (χ3n) is 3.39. The fourth-order valence-electron chi connectivity index (χ4n) is 2.14. The van der Waals surface area contributed by atoms with Crippen LogP contribution in [0.3, 0.4) is 0 Å². The molecule has 27 heavy (non-hydrogen) atoms. The van der Waals surface area contributed by atoms with E-state index in [1.165, 1.54) is 23.1 Å². The van der Waals surface area contributed by atoms with Crippen molar-refractivity contribution in [3.8, 4) is 0 Å². The summed E-state index contributed by atoms with van der Waals surface area (Å²) >= 11 is 9.59. The molecule has 1 aromatic heterocycles. The maximum atomic E-state index is 12.4. The number of halogens is 1. The molecule has 3 amide bonds. The normalized spacial score (nSPS) is 15.6. The molecule has 2 heterocycles. The maximum Gasteiger partial charge on any atom is 0.293 e. The number of imide groups is 1. The van der Waals surface area contributed by atoms with E-state index in [1.54, 1.807) is 35.9 Å². The number of rotatable bonds is 7. The minimum atomic E-state index is -0.387. The van der Waals surface area contributed by atoms with E-state index >= 15 is 0 Å². The van der Waals surface area contributed by atoms with Gasteiger partial charge in [0.05, 0.1) is 10.7 Å². The molecule has 0 saturated carbocycles. The fourth-order valence-corrected chi connectivity index (χ4v) is 4.50. The van der Waals surface area contributed by atoms with Crippen LogP contribution in [0.1, 0.15) is 5.56 Å². The summed E-state index contributed by atoms with van der Waals surface area (Å²) in [6, 6.07) is 7.08. The number of aromatic nitrogens is 2. The number of carbonyl (C=O) groups excluding carboxylic acids is 3. The number of hydrogen-bond donors (Lipinski definition) is 1. The van der Waals surface area contributed by atoms with Gasteiger partial charge in [-0.15, -0.1) is 10.2 Å². The first kappa shape index (κ1) is 19.9. The fraction of sp³-hybridized carbons (Fsp3) is 0.188. The lowest BCUT2D eigenvalue weighted by Crippen LogP contribution is -2.37. The lowest BCUT2D eigenvalue weighted by atomic mass is 10.2. The summed E-state index contributed by atoms with van der Waals surface area (Å²) in [6.45, 7) is 0.298. The summed E-state index contributed by atoms with van der Waals surface area (Å²) in [5, 5.41) is 10.4. The molecule has 140 valence electrons. The molecule has 0 unspecified atom stereocenters. The van der Waals surface area contributed by atoms with Gasteiger partial charge in [-0.25, -0.2) is 0 Å². The molecule has 0 bridgehead atoms. The van der Waals surface area contributed by atoms with Gasteiger partial charge in [-0.2, -0.15) is 0 Å². The average Bonchev–Trinajstić information content (AvgIpc) is 3.25. The SMILES string of the molecule is O=C(CSc1nncs1)NCCN1C(=O)S/C(=C\c2ccccc2Cl)C1=O. The molecule has 1 N–H and O–H groups in total. The van der Waals surface area contributed by atoms with Crippen molar-refractivity contribution < 1.29 is 14.4 Å². The molecule has 1 saturated heterocycles. The summed E-state index contributed by atoms with van der Waals surface area (Å²) in [4.78, 5) is 37.8. The van der Waals surface area contributed by atoms with Crippen molar-refractivity contribution in [3.63, 3.8) is 0 Å². The van der Waals surface area contributed by atoms with Gasteiger partial charge in [0.25, 0.3) is 11.1 Å². The van der Waals surface area contributed by atoms with Crippen LogP contribution in [0.4, 0.5) is 4.79 Å². The second-order valence-electron chi connectivity index (χ2n) is 5.20. The Bertz CT molecular complexity index is 889. The van der Waals surface area contributed by atoms with E-state index in [2.05, 4.69) is 15.5 Å². The summed E-state index contributed by atoms with van der Waals surface area (Å²) in [7, 11) is 0. The predicted molar refractivity (Wildman–Crippen MR) is 108 cm³/mol. The van der Waals surface area contributed by atoms with Crippen LogP contribution in [0, 0.1) is 0 Å². The molecule has 11 heteroatoms. The lowest BCUT2D eigenvalue weighted by Gasteiger charge is -2.12. The Kier molecular flexibility index (Phi) is 6.89. The Hall–Kier alpha value is -1.88. The Morgan fingerprint density at radius 1 is 1.33 bits per heavy atom. The van der Waals surface area contributed by atoms with Crippen LogP contribution in [0.25, 0.3) is 6.08 Å². The third kappa shape index (κ3) is 5.32. The second-order valence-corrected chi connectivity index (χ2v) is 8.65. The van der Waals surface area contributed by atoms with Crippen molar-refractivity contribution in [2.75, 3.05) is 18.8 Å². The third-order valence-corrected chi connectivity index (χ3v) is 6.50. The molecular weight excluding hydrogens is 428 g/mol. The first-order valence-electron chi connectivity index (χ1n) is 7.70. The molecule has 0 atom stereocenters. The number of hydrogen-bond acceptors (Lipinski definition) is 8. The van der Waals surface area contributed by atoms with Gasteiger partial charge in [-0.05, 0) is 29.5 Å². The number of nitrogens with zero attached hydrogens (tertiary/aromatic N) is 3. The van der Waals surface area contributed by atoms with Crippen molar-refractivity contribution >= 4 is 69.6 Å². The Morgan fingerprint density at radius 3 is 2.89 bits per heavy atom. The van der Waals surface area contributed by atoms with E-state index in [0.29, 0.717) is 19.8 Å². The summed E-state index contributed by atoms with van der Waals surface area (Å²) in [5.74, 6) is -0.389. The van der Waals surface area contributed by atoms with Gasteiger partial charge in [0.15, 0.2) is 4.34 Å². The van der Waals surface area contributed by atoms with Gasteiger partial charge in [0, 0.05) is 18.1 Å². The minimum absolute atomic E-state index is 0.111. The zero-order chi connectivity index (χ0) is 19.2. The Balaban J connectivity index is 1.50. The van der Waals surface area contributed by atoms with Crippen LogP contribution in [-0.2, 0) is 9.59 Å². The molecule has 1 aromatic carbocycles. The largest absolute Gasteiger partial charge is 0.354 e. The standard InChI is InChI=1S/C16H13ClN4O3S3/c17-11-4-2-1-3-10(11)7-12-14(23)21(16(24)27-12)6-5-18-13(22)8-25-15-20-19-9-26-15/h1-4,7,9H,5-6,8H2,(H,18,22)/b12-7-. The van der Waals surface area contributed by atoms with Gasteiger partial charge in [0.2, 0.25) is 5.91 Å². The topological polar surface area (TPSA) is 92.3 Å². The van der Waals surface area contributed by atoms with E-state index in [0.717, 1.165) is 16.7 Å². The van der Waals surface area contributed by atoms with Crippen molar-refractivity contribution in [1.82, 2.24) is 20.4 Å². The second kappa shape index (κ2) is 9.36. The highest BCUT2D eigenvalue weighted by atomic mass is 35.5. The summed E-state index contributed by atoms with van der Waals surface area (Å²) in [5.41, 5.74) is 2.27. The van der Waals surface area contributed by atoms with Crippen LogP contribution in [0.5, 0.6) is 0 Å². The Morgan fingerprint density at radius 2 is 2.15 bits per heavy atom. The van der Waals surface area contributed by atoms with Crippen molar-refractivity contribution in [2.24, 2.45) is 0 Å². The van der Waals surface area contributed by atoms with Gasteiger partial charge >= 0.3 is 0 Å². The average molecular weight is 441 g/mol. The highest BCUT2D eigenvalue weighted by Gasteiger charge is 2.34. The summed E-state index contributed by atoms with van der Waals surface area (Å²) < 4.78 is 0.709. The van der Waals surface area contributed by atoms with E-state index in [9.17, 15) is 14.4 Å².